The number of rotatable bonds is 3. The molecule has 0 unspecified atom stereocenters. The molecule has 0 aromatic rings. The summed E-state index contributed by atoms with van der Waals surface area (Å²) in [6, 6.07) is 0. The number of carboxylic acid groups (broad SMARTS) is 1. The van der Waals surface area contributed by atoms with E-state index in [1.165, 1.54) is 6.08 Å². The molecule has 0 saturated carbocycles. The Morgan fingerprint density at radius 1 is 1.80 bits per heavy atom. The molecule has 0 aliphatic carbocycles. The molecule has 0 rings (SSSR count). The van der Waals surface area contributed by atoms with Gasteiger partial charge in [-0.3, -0.25) is 0 Å². The molecule has 0 amide bonds. The Kier molecular flexibility index (Phi) is 3.25. The van der Waals surface area contributed by atoms with Gasteiger partial charge in [-0.25, -0.2) is 4.79 Å². The van der Waals surface area contributed by atoms with Crippen LogP contribution in [0.25, 0.3) is 0 Å². The van der Waals surface area contributed by atoms with Crippen molar-refractivity contribution < 1.29 is 9.90 Å². The highest BCUT2D eigenvalue weighted by molar-refractivity contribution is 5.87. The molecule has 0 spiro atoms. The van der Waals surface area contributed by atoms with Gasteiger partial charge in [0.25, 0.3) is 0 Å². The zero-order valence-corrected chi connectivity index (χ0v) is 5.92. The van der Waals surface area contributed by atoms with Crippen LogP contribution in [0.3, 0.4) is 0 Å². The zero-order chi connectivity index (χ0) is 8.15. The molecule has 3 nitrogen and oxygen atoms in total. The minimum absolute atomic E-state index is 0.218. The van der Waals surface area contributed by atoms with Crippen molar-refractivity contribution in [2.45, 2.75) is 13.3 Å². The lowest BCUT2D eigenvalue weighted by atomic mass is 10.1. The summed E-state index contributed by atoms with van der Waals surface area (Å²) in [6.07, 6.45) is 1.76. The second-order valence-electron chi connectivity index (χ2n) is 1.80. The largest absolute Gasteiger partial charge is 0.478 e. The number of aliphatic carboxylic acids is 1. The third kappa shape index (κ3) is 1.93. The van der Waals surface area contributed by atoms with Crippen molar-refractivity contribution in [2.24, 2.45) is 5.73 Å². The standard InChI is InChI=1S/C7H11NO2/c1-3-5(7(9)10)6(8)4-2/h4H,2-3,8H2,1H3,(H,9,10). The van der Waals surface area contributed by atoms with E-state index in [2.05, 4.69) is 6.58 Å². The molecule has 3 heteroatoms. The summed E-state index contributed by atoms with van der Waals surface area (Å²) >= 11 is 0. The van der Waals surface area contributed by atoms with Gasteiger partial charge in [0.15, 0.2) is 0 Å². The Morgan fingerprint density at radius 2 is 2.30 bits per heavy atom. The van der Waals surface area contributed by atoms with Crippen LogP contribution in [0, 0.1) is 0 Å². The third-order valence-corrected chi connectivity index (χ3v) is 1.18. The quantitative estimate of drug-likeness (QED) is 0.453. The Bertz CT molecular complexity index is 182. The molecule has 0 heterocycles. The van der Waals surface area contributed by atoms with E-state index in [1.54, 1.807) is 6.92 Å². The molecular formula is C7H11NO2. The fourth-order valence-corrected chi connectivity index (χ4v) is 0.602. The Morgan fingerprint density at radius 3 is 2.40 bits per heavy atom. The topological polar surface area (TPSA) is 63.3 Å². The van der Waals surface area contributed by atoms with E-state index in [1.807, 2.05) is 0 Å². The van der Waals surface area contributed by atoms with E-state index in [9.17, 15) is 4.79 Å². The number of hydrogen-bond donors (Lipinski definition) is 2. The minimum atomic E-state index is -0.972. The summed E-state index contributed by atoms with van der Waals surface area (Å²) in [5.74, 6) is -0.972. The van der Waals surface area contributed by atoms with Gasteiger partial charge in [0, 0.05) is 5.70 Å². The predicted octanol–water partition coefficient (Wildman–Crippen LogP) is 0.880. The van der Waals surface area contributed by atoms with E-state index in [4.69, 9.17) is 10.8 Å². The average molecular weight is 141 g/mol. The van der Waals surface area contributed by atoms with Crippen LogP contribution in [0.15, 0.2) is 23.9 Å². The molecule has 0 aromatic heterocycles. The smallest absolute Gasteiger partial charge is 0.333 e. The van der Waals surface area contributed by atoms with Crippen LogP contribution in [0.5, 0.6) is 0 Å². The molecule has 3 N–H and O–H groups in total. The van der Waals surface area contributed by atoms with Crippen LogP contribution >= 0.6 is 0 Å². The van der Waals surface area contributed by atoms with Crippen molar-refractivity contribution in [1.29, 1.82) is 0 Å². The molecule has 0 saturated heterocycles. The number of hydrogen-bond acceptors (Lipinski definition) is 2. The lowest BCUT2D eigenvalue weighted by Gasteiger charge is -1.99. The van der Waals surface area contributed by atoms with Crippen LogP contribution in [-0.2, 0) is 4.79 Å². The van der Waals surface area contributed by atoms with Crippen molar-refractivity contribution in [3.63, 3.8) is 0 Å². The maximum Gasteiger partial charge on any atom is 0.333 e. The van der Waals surface area contributed by atoms with Gasteiger partial charge < -0.3 is 10.8 Å². The number of carbonyl (C=O) groups is 1. The predicted molar refractivity (Wildman–Crippen MR) is 39.3 cm³/mol. The first-order chi connectivity index (χ1) is 4.63. The van der Waals surface area contributed by atoms with Gasteiger partial charge in [-0.05, 0) is 12.5 Å². The maximum absolute atomic E-state index is 10.3. The molecule has 0 aliphatic rings. The molecule has 0 aromatic carbocycles. The molecule has 0 radical (unpaired) electrons. The fourth-order valence-electron chi connectivity index (χ4n) is 0.602. The highest BCUT2D eigenvalue weighted by Gasteiger charge is 2.06. The highest BCUT2D eigenvalue weighted by Crippen LogP contribution is 2.04. The van der Waals surface area contributed by atoms with Gasteiger partial charge >= 0.3 is 5.97 Å². The first-order valence-corrected chi connectivity index (χ1v) is 2.97. The Hall–Kier alpha value is -1.25. The summed E-state index contributed by atoms with van der Waals surface area (Å²) in [4.78, 5) is 10.3. The van der Waals surface area contributed by atoms with Crippen molar-refractivity contribution in [3.8, 4) is 0 Å². The monoisotopic (exact) mass is 141 g/mol. The van der Waals surface area contributed by atoms with Crippen molar-refractivity contribution in [2.75, 3.05) is 0 Å². The summed E-state index contributed by atoms with van der Waals surface area (Å²) in [5, 5.41) is 8.49. The van der Waals surface area contributed by atoms with Gasteiger partial charge in [-0.2, -0.15) is 0 Å². The van der Waals surface area contributed by atoms with Gasteiger partial charge in [0.1, 0.15) is 0 Å². The summed E-state index contributed by atoms with van der Waals surface area (Å²) in [5.41, 5.74) is 5.77. The normalized spacial score (nSPS) is 12.1. The minimum Gasteiger partial charge on any atom is -0.478 e. The van der Waals surface area contributed by atoms with Crippen molar-refractivity contribution in [3.05, 3.63) is 23.9 Å². The molecule has 0 aliphatic heterocycles. The maximum atomic E-state index is 10.3. The second-order valence-corrected chi connectivity index (χ2v) is 1.80. The third-order valence-electron chi connectivity index (χ3n) is 1.18. The van der Waals surface area contributed by atoms with E-state index < -0.39 is 5.97 Å². The molecule has 56 valence electrons. The summed E-state index contributed by atoms with van der Waals surface area (Å²) in [7, 11) is 0. The van der Waals surface area contributed by atoms with E-state index >= 15 is 0 Å². The molecule has 0 atom stereocenters. The number of allylic oxidation sites excluding steroid dienone is 1. The van der Waals surface area contributed by atoms with Crippen molar-refractivity contribution >= 4 is 5.97 Å². The highest BCUT2D eigenvalue weighted by atomic mass is 16.4. The van der Waals surface area contributed by atoms with Crippen LogP contribution in [0.2, 0.25) is 0 Å². The van der Waals surface area contributed by atoms with E-state index in [0.29, 0.717) is 6.42 Å². The van der Waals surface area contributed by atoms with Crippen LogP contribution in [-0.4, -0.2) is 11.1 Å². The first kappa shape index (κ1) is 8.75. The van der Waals surface area contributed by atoms with Gasteiger partial charge in [0.2, 0.25) is 0 Å². The average Bonchev–Trinajstić information content (AvgIpc) is 1.88. The first-order valence-electron chi connectivity index (χ1n) is 2.97. The van der Waals surface area contributed by atoms with E-state index in [-0.39, 0.29) is 11.3 Å². The van der Waals surface area contributed by atoms with Crippen LogP contribution in [0.4, 0.5) is 0 Å². The molecule has 10 heavy (non-hydrogen) atoms. The number of carboxylic acids is 1. The van der Waals surface area contributed by atoms with Crippen molar-refractivity contribution in [1.82, 2.24) is 0 Å². The lowest BCUT2D eigenvalue weighted by Crippen LogP contribution is -2.07. The number of nitrogens with two attached hydrogens (primary N) is 1. The van der Waals surface area contributed by atoms with Gasteiger partial charge in [-0.15, -0.1) is 0 Å². The zero-order valence-electron chi connectivity index (χ0n) is 5.92. The van der Waals surface area contributed by atoms with Gasteiger partial charge in [-0.1, -0.05) is 13.5 Å². The second kappa shape index (κ2) is 3.71. The summed E-state index contributed by atoms with van der Waals surface area (Å²) < 4.78 is 0. The van der Waals surface area contributed by atoms with Crippen LogP contribution in [0.1, 0.15) is 13.3 Å². The molecular weight excluding hydrogens is 130 g/mol. The van der Waals surface area contributed by atoms with E-state index in [0.717, 1.165) is 0 Å². The Balaban J connectivity index is 4.62. The molecule has 0 fully saturated rings. The molecule has 0 bridgehead atoms. The Labute approximate surface area is 59.8 Å². The lowest BCUT2D eigenvalue weighted by molar-refractivity contribution is -0.132. The SMILES string of the molecule is C=CC(N)=C(CC)C(=O)O. The van der Waals surface area contributed by atoms with Crippen LogP contribution < -0.4 is 5.73 Å². The summed E-state index contributed by atoms with van der Waals surface area (Å²) in [6.45, 7) is 5.10. The fraction of sp³-hybridized carbons (Fsp3) is 0.286. The van der Waals surface area contributed by atoms with Gasteiger partial charge in [0.05, 0.1) is 5.57 Å².